The molecule has 2 aromatic rings. The van der Waals surface area contributed by atoms with Crippen LogP contribution in [0.25, 0.3) is 10.8 Å². The summed E-state index contributed by atoms with van der Waals surface area (Å²) in [6.45, 7) is 4.47. The molecule has 1 nitrogen and oxygen atoms in total. The summed E-state index contributed by atoms with van der Waals surface area (Å²) in [7, 11) is 0. The highest BCUT2D eigenvalue weighted by molar-refractivity contribution is 5.83. The largest absolute Gasteiger partial charge is 0.317 e. The topological polar surface area (TPSA) is 12.0 Å². The average Bonchev–Trinajstić information content (AvgIpc) is 2.78. The number of hydrogen-bond donors (Lipinski definition) is 1. The maximum absolute atomic E-state index is 3.58. The summed E-state index contributed by atoms with van der Waals surface area (Å²) in [5.74, 6) is 1.53. The van der Waals surface area contributed by atoms with Crippen molar-refractivity contribution in [2.24, 2.45) is 5.92 Å². The van der Waals surface area contributed by atoms with Crippen molar-refractivity contribution in [3.05, 3.63) is 48.0 Å². The minimum absolute atomic E-state index is 0.733. The minimum Gasteiger partial charge on any atom is -0.317 e. The van der Waals surface area contributed by atoms with Gasteiger partial charge in [0.1, 0.15) is 0 Å². The Balaban J connectivity index is 1.88. The molecule has 0 aromatic heterocycles. The Bertz CT molecular complexity index is 575. The van der Waals surface area contributed by atoms with E-state index in [9.17, 15) is 0 Å². The zero-order valence-electron chi connectivity index (χ0n) is 13.1. The van der Waals surface area contributed by atoms with Gasteiger partial charge in [-0.25, -0.2) is 0 Å². The number of hydrogen-bond acceptors (Lipinski definition) is 1. The van der Waals surface area contributed by atoms with Gasteiger partial charge < -0.3 is 5.32 Å². The van der Waals surface area contributed by atoms with Gasteiger partial charge in [0.15, 0.2) is 0 Å². The lowest BCUT2D eigenvalue weighted by Gasteiger charge is -2.26. The molecule has 1 heteroatoms. The highest BCUT2D eigenvalue weighted by Crippen LogP contribution is 2.37. The molecule has 1 N–H and O–H groups in total. The summed E-state index contributed by atoms with van der Waals surface area (Å²) in [4.78, 5) is 0. The zero-order chi connectivity index (χ0) is 14.5. The van der Waals surface area contributed by atoms with E-state index < -0.39 is 0 Å². The van der Waals surface area contributed by atoms with Crippen LogP contribution in [-0.4, -0.2) is 13.1 Å². The summed E-state index contributed by atoms with van der Waals surface area (Å²) in [6, 6.07) is 15.8. The van der Waals surface area contributed by atoms with E-state index in [0.717, 1.165) is 18.4 Å². The van der Waals surface area contributed by atoms with Crippen molar-refractivity contribution >= 4 is 10.8 Å². The number of benzene rings is 2. The Labute approximate surface area is 128 Å². The third-order valence-corrected chi connectivity index (χ3v) is 5.02. The third-order valence-electron chi connectivity index (χ3n) is 5.02. The van der Waals surface area contributed by atoms with E-state index in [2.05, 4.69) is 54.7 Å². The Morgan fingerprint density at radius 2 is 1.76 bits per heavy atom. The number of nitrogens with one attached hydrogen (secondary N) is 1. The molecule has 112 valence electrons. The normalized spacial score (nSPS) is 23.1. The Morgan fingerprint density at radius 1 is 0.952 bits per heavy atom. The molecular weight excluding hydrogens is 254 g/mol. The van der Waals surface area contributed by atoms with E-state index in [1.807, 2.05) is 0 Å². The van der Waals surface area contributed by atoms with Crippen molar-refractivity contribution in [3.8, 4) is 0 Å². The second-order valence-corrected chi connectivity index (χ2v) is 6.42. The average molecular weight is 281 g/mol. The predicted molar refractivity (Wildman–Crippen MR) is 91.8 cm³/mol. The van der Waals surface area contributed by atoms with Gasteiger partial charge in [-0.05, 0) is 54.1 Å². The second-order valence-electron chi connectivity index (χ2n) is 6.42. The molecule has 1 fully saturated rings. The van der Waals surface area contributed by atoms with E-state index in [1.54, 1.807) is 5.56 Å². The van der Waals surface area contributed by atoms with Gasteiger partial charge in [0.05, 0.1) is 0 Å². The molecule has 3 rings (SSSR count). The fourth-order valence-corrected chi connectivity index (χ4v) is 3.84. The molecule has 0 radical (unpaired) electrons. The Morgan fingerprint density at radius 3 is 2.62 bits per heavy atom. The molecule has 2 atom stereocenters. The van der Waals surface area contributed by atoms with Crippen LogP contribution in [0.15, 0.2) is 42.5 Å². The highest BCUT2D eigenvalue weighted by atomic mass is 14.8. The van der Waals surface area contributed by atoms with Gasteiger partial charge in [-0.15, -0.1) is 0 Å². The molecule has 0 saturated heterocycles. The van der Waals surface area contributed by atoms with Crippen LogP contribution in [0.2, 0.25) is 0 Å². The van der Waals surface area contributed by atoms with E-state index in [0.29, 0.717) is 0 Å². The molecule has 21 heavy (non-hydrogen) atoms. The second kappa shape index (κ2) is 7.09. The lowest BCUT2D eigenvalue weighted by molar-refractivity contribution is 0.379. The van der Waals surface area contributed by atoms with Gasteiger partial charge in [-0.3, -0.25) is 0 Å². The zero-order valence-corrected chi connectivity index (χ0v) is 13.1. The standard InChI is InChI=1S/C20H27N/c1-2-21-15-19-10-4-3-5-11-20(19)18-13-12-16-8-6-7-9-17(16)14-18/h6-9,12-14,19-21H,2-5,10-11,15H2,1H3. The van der Waals surface area contributed by atoms with Gasteiger partial charge in [-0.1, -0.05) is 68.7 Å². The summed E-state index contributed by atoms with van der Waals surface area (Å²) in [5, 5.41) is 6.33. The molecule has 0 amide bonds. The molecule has 1 aliphatic rings. The van der Waals surface area contributed by atoms with Crippen molar-refractivity contribution in [3.63, 3.8) is 0 Å². The minimum atomic E-state index is 0.733. The smallest absolute Gasteiger partial charge is 0.00148 e. The summed E-state index contributed by atoms with van der Waals surface area (Å²) >= 11 is 0. The van der Waals surface area contributed by atoms with Gasteiger partial charge >= 0.3 is 0 Å². The fourth-order valence-electron chi connectivity index (χ4n) is 3.84. The molecule has 0 aliphatic heterocycles. The maximum atomic E-state index is 3.58. The quantitative estimate of drug-likeness (QED) is 0.768. The van der Waals surface area contributed by atoms with Crippen molar-refractivity contribution in [1.29, 1.82) is 0 Å². The highest BCUT2D eigenvalue weighted by Gasteiger charge is 2.24. The Hall–Kier alpha value is -1.34. The molecule has 2 unspecified atom stereocenters. The van der Waals surface area contributed by atoms with Crippen molar-refractivity contribution in [2.45, 2.75) is 44.9 Å². The first-order valence-electron chi connectivity index (χ1n) is 8.58. The Kier molecular flexibility index (Phi) is 4.92. The fraction of sp³-hybridized carbons (Fsp3) is 0.500. The van der Waals surface area contributed by atoms with E-state index in [4.69, 9.17) is 0 Å². The van der Waals surface area contributed by atoms with Crippen LogP contribution in [0.1, 0.15) is 50.5 Å². The predicted octanol–water partition coefficient (Wildman–Crippen LogP) is 5.11. The lowest BCUT2D eigenvalue weighted by atomic mass is 9.81. The van der Waals surface area contributed by atoms with Crippen LogP contribution >= 0.6 is 0 Å². The monoisotopic (exact) mass is 281 g/mol. The SMILES string of the molecule is CCNCC1CCCCCC1c1ccc2ccccc2c1. The van der Waals surface area contributed by atoms with E-state index in [-0.39, 0.29) is 0 Å². The van der Waals surface area contributed by atoms with Gasteiger partial charge in [0.25, 0.3) is 0 Å². The molecule has 2 aromatic carbocycles. The van der Waals surface area contributed by atoms with Gasteiger partial charge in [0, 0.05) is 0 Å². The molecule has 0 bridgehead atoms. The van der Waals surface area contributed by atoms with Crippen LogP contribution in [0.4, 0.5) is 0 Å². The van der Waals surface area contributed by atoms with Gasteiger partial charge in [-0.2, -0.15) is 0 Å². The summed E-state index contributed by atoms with van der Waals surface area (Å²) in [6.07, 6.45) is 6.94. The lowest BCUT2D eigenvalue weighted by Crippen LogP contribution is -2.26. The summed E-state index contributed by atoms with van der Waals surface area (Å²) < 4.78 is 0. The van der Waals surface area contributed by atoms with Gasteiger partial charge in [0.2, 0.25) is 0 Å². The number of rotatable bonds is 4. The van der Waals surface area contributed by atoms with Crippen molar-refractivity contribution in [2.75, 3.05) is 13.1 Å². The first-order valence-corrected chi connectivity index (χ1v) is 8.58. The molecule has 1 aliphatic carbocycles. The van der Waals surface area contributed by atoms with Crippen LogP contribution in [0.5, 0.6) is 0 Å². The van der Waals surface area contributed by atoms with Crippen molar-refractivity contribution in [1.82, 2.24) is 5.32 Å². The number of fused-ring (bicyclic) bond motifs is 1. The van der Waals surface area contributed by atoms with E-state index >= 15 is 0 Å². The van der Waals surface area contributed by atoms with Crippen LogP contribution in [-0.2, 0) is 0 Å². The molecule has 0 spiro atoms. The molecular formula is C20H27N. The van der Waals surface area contributed by atoms with Crippen LogP contribution < -0.4 is 5.32 Å². The first kappa shape index (κ1) is 14.6. The maximum Gasteiger partial charge on any atom is -0.00148 e. The van der Waals surface area contributed by atoms with Crippen molar-refractivity contribution < 1.29 is 0 Å². The van der Waals surface area contributed by atoms with Crippen LogP contribution in [0, 0.1) is 5.92 Å². The molecule has 0 heterocycles. The molecule has 1 saturated carbocycles. The van der Waals surface area contributed by atoms with E-state index in [1.165, 1.54) is 49.4 Å². The summed E-state index contributed by atoms with van der Waals surface area (Å²) in [5.41, 5.74) is 1.55. The third kappa shape index (κ3) is 3.47. The first-order chi connectivity index (χ1) is 10.4. The van der Waals surface area contributed by atoms with Crippen LogP contribution in [0.3, 0.4) is 0 Å².